The molecule has 2 aliphatic heterocycles. The molecule has 10 nitrogen and oxygen atoms in total. The maximum atomic E-state index is 13.2. The van der Waals surface area contributed by atoms with Crippen molar-refractivity contribution in [2.45, 2.75) is 18.9 Å². The lowest BCUT2D eigenvalue weighted by atomic mass is 9.83. The fraction of sp³-hybridized carbons (Fsp3) is 0.400. The third-order valence-corrected chi connectivity index (χ3v) is 7.04. The Morgan fingerprint density at radius 2 is 1.91 bits per heavy atom. The summed E-state index contributed by atoms with van der Waals surface area (Å²) >= 11 is 0. The Kier molecular flexibility index (Phi) is 5.98. The third kappa shape index (κ3) is 4.14. The zero-order chi connectivity index (χ0) is 24.7. The number of anilines is 1. The molecule has 3 N–H and O–H groups in total. The summed E-state index contributed by atoms with van der Waals surface area (Å²) < 4.78 is 17.6. The van der Waals surface area contributed by atoms with E-state index in [0.717, 1.165) is 30.1 Å². The summed E-state index contributed by atoms with van der Waals surface area (Å²) in [7, 11) is 4.35. The Labute approximate surface area is 201 Å². The normalized spacial score (nSPS) is 20.7. The molecule has 1 unspecified atom stereocenters. The van der Waals surface area contributed by atoms with E-state index in [-0.39, 0.29) is 29.6 Å². The van der Waals surface area contributed by atoms with Crippen LogP contribution in [-0.4, -0.2) is 62.4 Å². The van der Waals surface area contributed by atoms with Crippen LogP contribution in [0, 0.1) is 5.92 Å². The predicted octanol–water partition coefficient (Wildman–Crippen LogP) is 0.774. The largest absolute Gasteiger partial charge is 0.493 e. The molecule has 4 heterocycles. The molecule has 1 amide bonds. The number of esters is 1. The number of quaternary nitrogens is 1. The smallest absolute Gasteiger partial charge is 0.356 e. The van der Waals surface area contributed by atoms with Crippen molar-refractivity contribution in [3.8, 4) is 11.5 Å². The molecule has 3 aromatic rings. The molecule has 2 aromatic heterocycles. The third-order valence-electron chi connectivity index (χ3n) is 7.04. The van der Waals surface area contributed by atoms with E-state index in [0.29, 0.717) is 40.6 Å². The first-order chi connectivity index (χ1) is 16.9. The van der Waals surface area contributed by atoms with Gasteiger partial charge in [0, 0.05) is 41.6 Å². The van der Waals surface area contributed by atoms with Crippen LogP contribution in [0.25, 0.3) is 10.9 Å². The highest BCUT2D eigenvalue weighted by molar-refractivity contribution is 6.11. The number of benzene rings is 1. The maximum Gasteiger partial charge on any atom is 0.356 e. The second kappa shape index (κ2) is 9.10. The van der Waals surface area contributed by atoms with Crippen molar-refractivity contribution in [2.75, 3.05) is 46.3 Å². The van der Waals surface area contributed by atoms with Crippen LogP contribution >= 0.6 is 0 Å². The van der Waals surface area contributed by atoms with Gasteiger partial charge >= 0.3 is 5.97 Å². The summed E-state index contributed by atoms with van der Waals surface area (Å²) in [6, 6.07) is 8.87. The lowest BCUT2D eigenvalue weighted by molar-refractivity contribution is -0.903. The summed E-state index contributed by atoms with van der Waals surface area (Å²) in [4.78, 5) is 42.1. The average molecular weight is 482 g/mol. The van der Waals surface area contributed by atoms with E-state index in [9.17, 15) is 14.4 Å². The van der Waals surface area contributed by atoms with Crippen molar-refractivity contribution < 1.29 is 28.7 Å². The highest BCUT2D eigenvalue weighted by atomic mass is 16.5. The summed E-state index contributed by atoms with van der Waals surface area (Å²) in [5.74, 6) is 0.783. The Morgan fingerprint density at radius 1 is 1.14 bits per heavy atom. The van der Waals surface area contributed by atoms with Crippen LogP contribution in [0.5, 0.6) is 11.5 Å². The van der Waals surface area contributed by atoms with Crippen LogP contribution in [0.1, 0.15) is 28.5 Å². The molecule has 3 atom stereocenters. The molecule has 35 heavy (non-hydrogen) atoms. The van der Waals surface area contributed by atoms with Crippen LogP contribution in [-0.2, 0) is 16.1 Å². The molecule has 0 spiro atoms. The number of ether oxygens (including phenoxy) is 3. The van der Waals surface area contributed by atoms with Gasteiger partial charge in [-0.1, -0.05) is 6.07 Å². The topological polar surface area (TPSA) is 116 Å². The van der Waals surface area contributed by atoms with Crippen molar-refractivity contribution in [3.05, 3.63) is 52.1 Å². The first kappa shape index (κ1) is 23.0. The number of amides is 1. The van der Waals surface area contributed by atoms with E-state index in [2.05, 4.69) is 10.3 Å². The number of rotatable bonds is 6. The predicted molar refractivity (Wildman–Crippen MR) is 128 cm³/mol. The van der Waals surface area contributed by atoms with Crippen LogP contribution < -0.4 is 25.2 Å². The molecular formula is C25H29N4O6+. The van der Waals surface area contributed by atoms with Gasteiger partial charge in [0.1, 0.15) is 5.69 Å². The van der Waals surface area contributed by atoms with Gasteiger partial charge in [-0.3, -0.25) is 9.59 Å². The molecule has 1 fully saturated rings. The fourth-order valence-electron chi connectivity index (χ4n) is 5.58. The van der Waals surface area contributed by atoms with Gasteiger partial charge < -0.3 is 34.0 Å². The highest BCUT2D eigenvalue weighted by Crippen LogP contribution is 2.37. The number of likely N-dealkylation sites (tertiary alicyclic amines) is 1. The van der Waals surface area contributed by atoms with Gasteiger partial charge in [-0.15, -0.1) is 0 Å². The molecule has 1 aromatic carbocycles. The molecule has 10 heteroatoms. The van der Waals surface area contributed by atoms with Crippen LogP contribution in [0.3, 0.4) is 0 Å². The number of nitrogens with one attached hydrogen (secondary N) is 3. The van der Waals surface area contributed by atoms with Crippen molar-refractivity contribution in [1.82, 2.24) is 9.55 Å². The molecule has 2 aliphatic rings. The Balaban J connectivity index is 1.39. The van der Waals surface area contributed by atoms with E-state index >= 15 is 0 Å². The summed E-state index contributed by atoms with van der Waals surface area (Å²) in [5, 5.41) is 3.56. The standard InChI is InChI=1S/C25H28N4O6/c1-33-19-8-16-17(9-20(19)34-2)26-24(25(32)35-3)23(16)27-21(30)13-28-10-14-7-15(12-28)18-5-4-6-22(31)29(18)11-14/h4-6,8-9,14-15,26H,7,10-13H2,1-3H3,(H,27,30)/p+1/t14-,15-/m1/s1. The second-order valence-corrected chi connectivity index (χ2v) is 9.20. The lowest BCUT2D eigenvalue weighted by Crippen LogP contribution is -3.15. The molecule has 2 bridgehead atoms. The summed E-state index contributed by atoms with van der Waals surface area (Å²) in [6.07, 6.45) is 1.03. The van der Waals surface area contributed by atoms with Gasteiger partial charge in [0.2, 0.25) is 0 Å². The van der Waals surface area contributed by atoms with Gasteiger partial charge in [0.05, 0.1) is 45.6 Å². The summed E-state index contributed by atoms with van der Waals surface area (Å²) in [5.41, 5.74) is 2.22. The number of hydrogen-bond donors (Lipinski definition) is 3. The Bertz CT molecular complexity index is 1360. The van der Waals surface area contributed by atoms with Gasteiger partial charge in [-0.25, -0.2) is 4.79 Å². The first-order valence-electron chi connectivity index (χ1n) is 11.6. The first-order valence-corrected chi connectivity index (χ1v) is 11.6. The number of fused-ring (bicyclic) bond motifs is 5. The SMILES string of the molecule is COC(=O)c1[nH]c2cc(OC)c(OC)cc2c1NC(=O)C[NH+]1C[C@H]2C[C@H](C1)c1cccc(=O)n1C2. The average Bonchev–Trinajstić information content (AvgIpc) is 3.20. The van der Waals surface area contributed by atoms with Crippen LogP contribution in [0.15, 0.2) is 35.1 Å². The quantitative estimate of drug-likeness (QED) is 0.448. The van der Waals surface area contributed by atoms with Gasteiger partial charge in [-0.05, 0) is 18.6 Å². The zero-order valence-electron chi connectivity index (χ0n) is 20.0. The van der Waals surface area contributed by atoms with Crippen molar-refractivity contribution in [2.24, 2.45) is 5.92 Å². The number of carbonyl (C=O) groups is 2. The zero-order valence-corrected chi connectivity index (χ0v) is 20.0. The number of pyridine rings is 1. The fourth-order valence-corrected chi connectivity index (χ4v) is 5.58. The molecule has 184 valence electrons. The molecule has 0 aliphatic carbocycles. The van der Waals surface area contributed by atoms with Crippen LogP contribution in [0.4, 0.5) is 5.69 Å². The molecule has 0 saturated carbocycles. The van der Waals surface area contributed by atoms with E-state index < -0.39 is 5.97 Å². The number of hydrogen-bond acceptors (Lipinski definition) is 6. The van der Waals surface area contributed by atoms with Gasteiger partial charge in [-0.2, -0.15) is 0 Å². The lowest BCUT2D eigenvalue weighted by Gasteiger charge is -2.40. The van der Waals surface area contributed by atoms with Crippen molar-refractivity contribution in [3.63, 3.8) is 0 Å². The molecular weight excluding hydrogens is 452 g/mol. The second-order valence-electron chi connectivity index (χ2n) is 9.20. The molecule has 0 radical (unpaired) electrons. The van der Waals surface area contributed by atoms with E-state index in [1.165, 1.54) is 21.3 Å². The number of methoxy groups -OCH3 is 3. The molecule has 5 rings (SSSR count). The van der Waals surface area contributed by atoms with Gasteiger partial charge in [0.25, 0.3) is 11.5 Å². The molecule has 1 saturated heterocycles. The van der Waals surface area contributed by atoms with Crippen LogP contribution in [0.2, 0.25) is 0 Å². The summed E-state index contributed by atoms with van der Waals surface area (Å²) in [6.45, 7) is 2.53. The number of aromatic nitrogens is 2. The number of piperidine rings is 1. The Hall–Kier alpha value is -3.79. The number of H-pyrrole nitrogens is 1. The maximum absolute atomic E-state index is 13.2. The van der Waals surface area contributed by atoms with E-state index in [4.69, 9.17) is 14.2 Å². The van der Waals surface area contributed by atoms with E-state index in [1.54, 1.807) is 18.2 Å². The van der Waals surface area contributed by atoms with E-state index in [1.807, 2.05) is 16.7 Å². The minimum Gasteiger partial charge on any atom is -0.493 e. The van der Waals surface area contributed by atoms with Crippen molar-refractivity contribution in [1.29, 1.82) is 0 Å². The minimum atomic E-state index is -0.587. The number of aromatic amines is 1. The Morgan fingerprint density at radius 3 is 2.66 bits per heavy atom. The highest BCUT2D eigenvalue weighted by Gasteiger charge is 2.38. The monoisotopic (exact) mass is 481 g/mol. The number of nitrogens with zero attached hydrogens (tertiary/aromatic N) is 1. The number of carbonyl (C=O) groups excluding carboxylic acids is 2. The van der Waals surface area contributed by atoms with Gasteiger partial charge in [0.15, 0.2) is 18.0 Å². The van der Waals surface area contributed by atoms with Crippen molar-refractivity contribution >= 4 is 28.5 Å². The minimum absolute atomic E-state index is 0.0418.